The number of amides is 1. The lowest BCUT2D eigenvalue weighted by atomic mass is 9.70. The van der Waals surface area contributed by atoms with Crippen molar-refractivity contribution in [1.29, 1.82) is 0 Å². The van der Waals surface area contributed by atoms with Crippen molar-refractivity contribution in [3.8, 4) is 5.75 Å². The Kier molecular flexibility index (Phi) is 6.07. The Labute approximate surface area is 169 Å². The van der Waals surface area contributed by atoms with Crippen molar-refractivity contribution in [2.24, 2.45) is 5.41 Å². The van der Waals surface area contributed by atoms with E-state index in [-0.39, 0.29) is 29.1 Å². The largest absolute Gasteiger partial charge is 0.497 e. The maximum Gasteiger partial charge on any atom is 0.227 e. The third kappa shape index (κ3) is 3.47. The van der Waals surface area contributed by atoms with Crippen LogP contribution in [0.3, 0.4) is 0 Å². The fourth-order valence-corrected chi connectivity index (χ4v) is 5.79. The van der Waals surface area contributed by atoms with E-state index in [1.54, 1.807) is 7.11 Å². The van der Waals surface area contributed by atoms with E-state index in [0.717, 1.165) is 44.4 Å². The van der Waals surface area contributed by atoms with Crippen LogP contribution in [0, 0.1) is 5.41 Å². The van der Waals surface area contributed by atoms with E-state index in [9.17, 15) is 4.79 Å². The number of carbonyl (C=O) groups excluding carboxylic acids is 1. The standard InChI is InChI=1S/C22H32N2O2.ClH/c1-3-22(14-17-8-11-19(22)24-17)20(25)23-15-21(12-4-5-13-21)16-6-9-18(26-2)10-7-16;/h6-7,9-10,17,19,24H,3-5,8,11-15H2,1-2H3,(H,23,25);1H/t17-,19+,22+;/m0./s1. The van der Waals surface area contributed by atoms with Crippen LogP contribution in [0.4, 0.5) is 0 Å². The second-order valence-corrected chi connectivity index (χ2v) is 8.61. The first-order valence-corrected chi connectivity index (χ1v) is 10.3. The molecule has 2 bridgehead atoms. The van der Waals surface area contributed by atoms with E-state index >= 15 is 0 Å². The number of ether oxygens (including phenoxy) is 1. The molecule has 1 aromatic rings. The van der Waals surface area contributed by atoms with Gasteiger partial charge in [0.05, 0.1) is 12.5 Å². The van der Waals surface area contributed by atoms with Gasteiger partial charge < -0.3 is 15.4 Å². The van der Waals surface area contributed by atoms with Gasteiger partial charge in [-0.15, -0.1) is 12.4 Å². The SMILES string of the molecule is CC[C@@]1(C(=O)NCC2(c3ccc(OC)cc3)CCCC2)C[C@@H]2CC[C@H]1N2.Cl. The molecule has 1 amide bonds. The van der Waals surface area contributed by atoms with Crippen LogP contribution in [-0.4, -0.2) is 31.6 Å². The van der Waals surface area contributed by atoms with E-state index in [1.165, 1.54) is 24.8 Å². The van der Waals surface area contributed by atoms with Gasteiger partial charge in [-0.1, -0.05) is 31.9 Å². The molecule has 4 rings (SSSR count). The summed E-state index contributed by atoms with van der Waals surface area (Å²) in [5.41, 5.74) is 1.23. The van der Waals surface area contributed by atoms with E-state index < -0.39 is 0 Å². The molecule has 1 saturated carbocycles. The highest BCUT2D eigenvalue weighted by Gasteiger charge is 2.54. The molecule has 3 fully saturated rings. The van der Waals surface area contributed by atoms with Crippen molar-refractivity contribution in [3.63, 3.8) is 0 Å². The summed E-state index contributed by atoms with van der Waals surface area (Å²) in [6.07, 6.45) is 9.12. The Morgan fingerprint density at radius 1 is 1.22 bits per heavy atom. The quantitative estimate of drug-likeness (QED) is 0.770. The molecule has 150 valence electrons. The maximum absolute atomic E-state index is 13.2. The number of benzene rings is 1. The number of nitrogens with one attached hydrogen (secondary N) is 2. The molecule has 0 spiro atoms. The second-order valence-electron chi connectivity index (χ2n) is 8.61. The fourth-order valence-electron chi connectivity index (χ4n) is 5.79. The Morgan fingerprint density at radius 3 is 2.44 bits per heavy atom. The molecule has 1 aliphatic carbocycles. The highest BCUT2D eigenvalue weighted by atomic mass is 35.5. The van der Waals surface area contributed by atoms with Crippen LogP contribution in [0.15, 0.2) is 24.3 Å². The van der Waals surface area contributed by atoms with Gasteiger partial charge in [0.1, 0.15) is 5.75 Å². The van der Waals surface area contributed by atoms with Gasteiger partial charge >= 0.3 is 0 Å². The van der Waals surface area contributed by atoms with E-state index in [1.807, 2.05) is 12.1 Å². The highest BCUT2D eigenvalue weighted by Crippen LogP contribution is 2.46. The minimum absolute atomic E-state index is 0. The summed E-state index contributed by atoms with van der Waals surface area (Å²) in [5, 5.41) is 7.06. The number of hydrogen-bond donors (Lipinski definition) is 2. The van der Waals surface area contributed by atoms with Gasteiger partial charge in [0.25, 0.3) is 0 Å². The lowest BCUT2D eigenvalue weighted by molar-refractivity contribution is -0.132. The van der Waals surface area contributed by atoms with Crippen molar-refractivity contribution in [2.75, 3.05) is 13.7 Å². The van der Waals surface area contributed by atoms with Gasteiger partial charge in [0, 0.05) is 24.0 Å². The van der Waals surface area contributed by atoms with Crippen molar-refractivity contribution in [1.82, 2.24) is 10.6 Å². The predicted molar refractivity (Wildman–Crippen MR) is 111 cm³/mol. The van der Waals surface area contributed by atoms with Crippen LogP contribution in [0.25, 0.3) is 0 Å². The number of fused-ring (bicyclic) bond motifs is 2. The van der Waals surface area contributed by atoms with Crippen LogP contribution < -0.4 is 15.4 Å². The lowest BCUT2D eigenvalue weighted by Gasteiger charge is -2.37. The summed E-state index contributed by atoms with van der Waals surface area (Å²) in [7, 11) is 1.70. The first kappa shape index (κ1) is 20.5. The molecule has 2 N–H and O–H groups in total. The molecule has 4 nitrogen and oxygen atoms in total. The third-order valence-electron chi connectivity index (χ3n) is 7.45. The minimum Gasteiger partial charge on any atom is -0.497 e. The van der Waals surface area contributed by atoms with Crippen LogP contribution in [0.2, 0.25) is 0 Å². The first-order valence-electron chi connectivity index (χ1n) is 10.3. The molecule has 3 atom stereocenters. The molecule has 2 aliphatic heterocycles. The van der Waals surface area contributed by atoms with Crippen molar-refractivity contribution >= 4 is 18.3 Å². The Hall–Kier alpha value is -1.26. The van der Waals surface area contributed by atoms with Gasteiger partial charge in [-0.25, -0.2) is 0 Å². The normalized spacial score (nSPS) is 30.7. The monoisotopic (exact) mass is 392 g/mol. The maximum atomic E-state index is 13.2. The topological polar surface area (TPSA) is 50.4 Å². The van der Waals surface area contributed by atoms with Crippen LogP contribution >= 0.6 is 12.4 Å². The third-order valence-corrected chi connectivity index (χ3v) is 7.45. The van der Waals surface area contributed by atoms with Crippen LogP contribution in [0.1, 0.15) is 63.9 Å². The zero-order chi connectivity index (χ0) is 18.2. The molecular weight excluding hydrogens is 360 g/mol. The average molecular weight is 393 g/mol. The van der Waals surface area contributed by atoms with E-state index in [0.29, 0.717) is 12.1 Å². The van der Waals surface area contributed by atoms with Crippen molar-refractivity contribution in [2.45, 2.75) is 75.8 Å². The zero-order valence-electron chi connectivity index (χ0n) is 16.6. The molecule has 0 radical (unpaired) electrons. The molecule has 1 aromatic carbocycles. The summed E-state index contributed by atoms with van der Waals surface area (Å²) in [6.45, 7) is 2.94. The molecule has 5 heteroatoms. The zero-order valence-corrected chi connectivity index (χ0v) is 17.4. The van der Waals surface area contributed by atoms with Gasteiger partial charge in [-0.2, -0.15) is 0 Å². The van der Waals surface area contributed by atoms with Crippen LogP contribution in [-0.2, 0) is 10.2 Å². The Morgan fingerprint density at radius 2 is 1.93 bits per heavy atom. The van der Waals surface area contributed by atoms with Crippen molar-refractivity contribution < 1.29 is 9.53 Å². The fraction of sp³-hybridized carbons (Fsp3) is 0.682. The number of rotatable bonds is 6. The minimum atomic E-state index is -0.192. The smallest absolute Gasteiger partial charge is 0.227 e. The van der Waals surface area contributed by atoms with E-state index in [2.05, 4.69) is 29.7 Å². The number of halogens is 1. The number of hydrogen-bond acceptors (Lipinski definition) is 3. The second kappa shape index (κ2) is 8.00. The molecule has 2 heterocycles. The van der Waals surface area contributed by atoms with Crippen LogP contribution in [0.5, 0.6) is 5.75 Å². The Balaban J connectivity index is 0.00000210. The lowest BCUT2D eigenvalue weighted by Crippen LogP contribution is -2.51. The van der Waals surface area contributed by atoms with Gasteiger partial charge in [0.2, 0.25) is 5.91 Å². The van der Waals surface area contributed by atoms with Gasteiger partial charge in [-0.3, -0.25) is 4.79 Å². The molecule has 2 saturated heterocycles. The predicted octanol–water partition coefficient (Wildman–Crippen LogP) is 3.97. The van der Waals surface area contributed by atoms with Gasteiger partial charge in [-0.05, 0) is 56.2 Å². The average Bonchev–Trinajstić information content (AvgIpc) is 3.42. The molecule has 3 aliphatic rings. The summed E-state index contributed by atoms with van der Waals surface area (Å²) in [6, 6.07) is 9.39. The molecular formula is C22H33ClN2O2. The Bertz CT molecular complexity index is 657. The number of methoxy groups -OCH3 is 1. The molecule has 0 aromatic heterocycles. The van der Waals surface area contributed by atoms with E-state index in [4.69, 9.17) is 4.74 Å². The number of carbonyl (C=O) groups is 1. The first-order chi connectivity index (χ1) is 12.6. The van der Waals surface area contributed by atoms with Crippen molar-refractivity contribution in [3.05, 3.63) is 29.8 Å². The summed E-state index contributed by atoms with van der Waals surface area (Å²) < 4.78 is 5.31. The summed E-state index contributed by atoms with van der Waals surface area (Å²) in [4.78, 5) is 13.2. The highest BCUT2D eigenvalue weighted by molar-refractivity contribution is 5.85. The summed E-state index contributed by atoms with van der Waals surface area (Å²) in [5.74, 6) is 1.17. The molecule has 0 unspecified atom stereocenters. The van der Waals surface area contributed by atoms with Gasteiger partial charge in [0.15, 0.2) is 0 Å². The molecule has 27 heavy (non-hydrogen) atoms. The summed E-state index contributed by atoms with van der Waals surface area (Å²) >= 11 is 0.